The van der Waals surface area contributed by atoms with Crippen LogP contribution in [0.5, 0.6) is 0 Å². The van der Waals surface area contributed by atoms with Crippen LogP contribution >= 0.6 is 0 Å². The third-order valence-corrected chi connectivity index (χ3v) is 2.04. The fraction of sp³-hybridized carbons (Fsp3) is 0.364. The molecule has 14 heavy (non-hydrogen) atoms. The van der Waals surface area contributed by atoms with Gasteiger partial charge in [-0.2, -0.15) is 0 Å². The molecule has 0 saturated heterocycles. The summed E-state index contributed by atoms with van der Waals surface area (Å²) in [5.74, 6) is -0.245. The highest BCUT2D eigenvalue weighted by atomic mass is 16.1. The molecule has 0 heterocycles. The zero-order valence-corrected chi connectivity index (χ0v) is 8.44. The molecular formula is C11H16N2O. The molecule has 1 amide bonds. The third kappa shape index (κ3) is 4.05. The van der Waals surface area contributed by atoms with Gasteiger partial charge < -0.3 is 10.6 Å². The summed E-state index contributed by atoms with van der Waals surface area (Å²) in [6.07, 6.45) is 0.420. The lowest BCUT2D eigenvalue weighted by Crippen LogP contribution is -2.24. The van der Waals surface area contributed by atoms with Gasteiger partial charge in [0.15, 0.2) is 0 Å². The number of nitrogens with zero attached hydrogens (tertiary/aromatic N) is 1. The van der Waals surface area contributed by atoms with Gasteiger partial charge >= 0.3 is 0 Å². The summed E-state index contributed by atoms with van der Waals surface area (Å²) in [4.78, 5) is 12.6. The number of nitrogens with two attached hydrogens (primary N) is 1. The molecule has 3 heteroatoms. The summed E-state index contributed by atoms with van der Waals surface area (Å²) in [6.45, 7) is 1.57. The molecule has 76 valence electrons. The van der Waals surface area contributed by atoms with Crippen molar-refractivity contribution in [2.75, 3.05) is 13.6 Å². The molecule has 0 spiro atoms. The second-order valence-corrected chi connectivity index (χ2v) is 3.44. The monoisotopic (exact) mass is 192 g/mol. The molecule has 0 bridgehead atoms. The van der Waals surface area contributed by atoms with Crippen LogP contribution in [0.15, 0.2) is 30.3 Å². The maximum atomic E-state index is 10.6. The van der Waals surface area contributed by atoms with E-state index in [1.165, 1.54) is 5.56 Å². The van der Waals surface area contributed by atoms with Gasteiger partial charge in [0.05, 0.1) is 0 Å². The molecule has 0 aliphatic rings. The van der Waals surface area contributed by atoms with Crippen LogP contribution in [-0.2, 0) is 11.3 Å². The summed E-state index contributed by atoms with van der Waals surface area (Å²) < 4.78 is 0. The molecule has 0 unspecified atom stereocenters. The topological polar surface area (TPSA) is 46.3 Å². The maximum Gasteiger partial charge on any atom is 0.218 e. The van der Waals surface area contributed by atoms with Gasteiger partial charge in [0.1, 0.15) is 0 Å². The van der Waals surface area contributed by atoms with Crippen LogP contribution in [-0.4, -0.2) is 24.4 Å². The Hall–Kier alpha value is -1.35. The van der Waals surface area contributed by atoms with Gasteiger partial charge in [-0.25, -0.2) is 0 Å². The van der Waals surface area contributed by atoms with E-state index in [-0.39, 0.29) is 5.91 Å². The second kappa shape index (κ2) is 5.40. The Kier molecular flexibility index (Phi) is 4.13. The lowest BCUT2D eigenvalue weighted by Gasteiger charge is -2.15. The minimum Gasteiger partial charge on any atom is -0.370 e. The van der Waals surface area contributed by atoms with Gasteiger partial charge in [-0.05, 0) is 12.6 Å². The Labute approximate surface area is 84.5 Å². The van der Waals surface area contributed by atoms with Crippen LogP contribution in [0.25, 0.3) is 0 Å². The third-order valence-electron chi connectivity index (χ3n) is 2.04. The SMILES string of the molecule is CN(CCC(N)=O)Cc1ccccc1. The zero-order valence-electron chi connectivity index (χ0n) is 8.44. The fourth-order valence-corrected chi connectivity index (χ4v) is 1.28. The van der Waals surface area contributed by atoms with Crippen molar-refractivity contribution >= 4 is 5.91 Å². The Bertz CT molecular complexity index is 285. The van der Waals surface area contributed by atoms with Crippen molar-refractivity contribution in [3.63, 3.8) is 0 Å². The number of rotatable bonds is 5. The molecule has 1 aromatic rings. The van der Waals surface area contributed by atoms with Crippen molar-refractivity contribution in [2.45, 2.75) is 13.0 Å². The van der Waals surface area contributed by atoms with E-state index >= 15 is 0 Å². The van der Waals surface area contributed by atoms with Crippen LogP contribution in [0.2, 0.25) is 0 Å². The Morgan fingerprint density at radius 1 is 1.36 bits per heavy atom. The quantitative estimate of drug-likeness (QED) is 0.756. The Balaban J connectivity index is 2.34. The average Bonchev–Trinajstić information content (AvgIpc) is 2.16. The van der Waals surface area contributed by atoms with Crippen molar-refractivity contribution in [1.82, 2.24) is 4.90 Å². The van der Waals surface area contributed by atoms with Gasteiger partial charge in [-0.15, -0.1) is 0 Å². The summed E-state index contributed by atoms with van der Waals surface area (Å²) in [5, 5.41) is 0. The summed E-state index contributed by atoms with van der Waals surface area (Å²) in [6, 6.07) is 10.2. The first kappa shape index (κ1) is 10.7. The number of carbonyl (C=O) groups is 1. The van der Waals surface area contributed by atoms with E-state index in [0.29, 0.717) is 13.0 Å². The van der Waals surface area contributed by atoms with E-state index in [0.717, 1.165) is 6.54 Å². The minimum atomic E-state index is -0.245. The lowest BCUT2D eigenvalue weighted by molar-refractivity contribution is -0.118. The number of primary amides is 1. The molecular weight excluding hydrogens is 176 g/mol. The van der Waals surface area contributed by atoms with Crippen molar-refractivity contribution < 1.29 is 4.79 Å². The van der Waals surface area contributed by atoms with Gasteiger partial charge in [0, 0.05) is 19.5 Å². The van der Waals surface area contributed by atoms with Gasteiger partial charge in [0.25, 0.3) is 0 Å². The van der Waals surface area contributed by atoms with Crippen LogP contribution in [0.4, 0.5) is 0 Å². The predicted octanol–water partition coefficient (Wildman–Crippen LogP) is 0.994. The Morgan fingerprint density at radius 3 is 2.57 bits per heavy atom. The smallest absolute Gasteiger partial charge is 0.218 e. The summed E-state index contributed by atoms with van der Waals surface area (Å²) >= 11 is 0. The van der Waals surface area contributed by atoms with E-state index in [1.54, 1.807) is 0 Å². The summed E-state index contributed by atoms with van der Waals surface area (Å²) in [5.41, 5.74) is 6.32. The molecule has 1 aromatic carbocycles. The predicted molar refractivity (Wildman–Crippen MR) is 56.6 cm³/mol. The molecule has 0 saturated carbocycles. The molecule has 3 nitrogen and oxygen atoms in total. The van der Waals surface area contributed by atoms with Crippen LogP contribution in [0, 0.1) is 0 Å². The number of carbonyl (C=O) groups excluding carboxylic acids is 1. The van der Waals surface area contributed by atoms with Gasteiger partial charge in [-0.3, -0.25) is 4.79 Å². The van der Waals surface area contributed by atoms with Crippen molar-refractivity contribution in [2.24, 2.45) is 5.73 Å². The highest BCUT2D eigenvalue weighted by Gasteiger charge is 2.01. The largest absolute Gasteiger partial charge is 0.370 e. The van der Waals surface area contributed by atoms with E-state index in [4.69, 9.17) is 5.73 Å². The first-order valence-electron chi connectivity index (χ1n) is 4.69. The molecule has 0 aliphatic heterocycles. The van der Waals surface area contributed by atoms with E-state index < -0.39 is 0 Å². The number of benzene rings is 1. The molecule has 0 atom stereocenters. The normalized spacial score (nSPS) is 10.4. The lowest BCUT2D eigenvalue weighted by atomic mass is 10.2. The van der Waals surface area contributed by atoms with Gasteiger partial charge in [-0.1, -0.05) is 30.3 Å². The van der Waals surface area contributed by atoms with Crippen molar-refractivity contribution in [3.8, 4) is 0 Å². The van der Waals surface area contributed by atoms with Crippen molar-refractivity contribution in [1.29, 1.82) is 0 Å². The van der Waals surface area contributed by atoms with Crippen LogP contribution in [0.1, 0.15) is 12.0 Å². The Morgan fingerprint density at radius 2 is 2.00 bits per heavy atom. The molecule has 1 rings (SSSR count). The van der Waals surface area contributed by atoms with Crippen molar-refractivity contribution in [3.05, 3.63) is 35.9 Å². The molecule has 0 aliphatic carbocycles. The summed E-state index contributed by atoms with van der Waals surface area (Å²) in [7, 11) is 1.98. The number of amides is 1. The zero-order chi connectivity index (χ0) is 10.4. The first-order chi connectivity index (χ1) is 6.68. The highest BCUT2D eigenvalue weighted by Crippen LogP contribution is 2.02. The van der Waals surface area contributed by atoms with Crippen LogP contribution in [0.3, 0.4) is 0 Å². The number of hydrogen-bond acceptors (Lipinski definition) is 2. The van der Waals surface area contributed by atoms with E-state index in [1.807, 2.05) is 25.2 Å². The standard InChI is InChI=1S/C11H16N2O/c1-13(8-7-11(12)14)9-10-5-3-2-4-6-10/h2-6H,7-9H2,1H3,(H2,12,14). The minimum absolute atomic E-state index is 0.245. The highest BCUT2D eigenvalue weighted by molar-refractivity contribution is 5.73. The molecule has 2 N–H and O–H groups in total. The van der Waals surface area contributed by atoms with E-state index in [9.17, 15) is 4.79 Å². The fourth-order valence-electron chi connectivity index (χ4n) is 1.28. The molecule has 0 radical (unpaired) electrons. The first-order valence-corrected chi connectivity index (χ1v) is 4.69. The molecule has 0 fully saturated rings. The maximum absolute atomic E-state index is 10.6. The van der Waals surface area contributed by atoms with E-state index in [2.05, 4.69) is 17.0 Å². The molecule has 0 aromatic heterocycles. The second-order valence-electron chi connectivity index (χ2n) is 3.44. The average molecular weight is 192 g/mol. The van der Waals surface area contributed by atoms with Gasteiger partial charge in [0.2, 0.25) is 5.91 Å². The van der Waals surface area contributed by atoms with Crippen LogP contribution < -0.4 is 5.73 Å². The number of hydrogen-bond donors (Lipinski definition) is 1.